The first-order valence-electron chi connectivity index (χ1n) is 9.86. The number of carbonyl (C=O) groups excluding carboxylic acids is 1. The van der Waals surface area contributed by atoms with Crippen molar-refractivity contribution in [2.24, 2.45) is 0 Å². The second-order valence-electron chi connectivity index (χ2n) is 8.54. The minimum atomic E-state index is -0.620. The van der Waals surface area contributed by atoms with Crippen LogP contribution in [0, 0.1) is 5.95 Å². The first kappa shape index (κ1) is 19.5. The van der Waals surface area contributed by atoms with Crippen LogP contribution in [0.25, 0.3) is 0 Å². The molecule has 2 aliphatic rings. The van der Waals surface area contributed by atoms with E-state index in [-0.39, 0.29) is 12.1 Å². The fourth-order valence-electron chi connectivity index (χ4n) is 4.38. The highest BCUT2D eigenvalue weighted by Gasteiger charge is 2.43. The summed E-state index contributed by atoms with van der Waals surface area (Å²) in [7, 11) is 1.64. The molecule has 6 nitrogen and oxygen atoms in total. The Morgan fingerprint density at radius 3 is 2.62 bits per heavy atom. The molecule has 1 aromatic heterocycles. The highest BCUT2D eigenvalue weighted by atomic mass is 19.1. The van der Waals surface area contributed by atoms with Gasteiger partial charge in [-0.2, -0.15) is 4.39 Å². The van der Waals surface area contributed by atoms with Gasteiger partial charge in [-0.15, -0.1) is 0 Å². The van der Waals surface area contributed by atoms with Crippen LogP contribution >= 0.6 is 0 Å². The number of methoxy groups -OCH3 is 1. The third-order valence-corrected chi connectivity index (χ3v) is 5.45. The standard InChI is InChI=1S/C22H26FN3O3/c1-22(2,3)29-21(27)25-17-12-24-20(23)16-11-14-7-10-18(19(16)17)26(14)13-5-8-15(28-4)9-6-13/h5-6,8-9,12,14,18H,7,10-11H2,1-4H3,(H,25,27)/t14-,18+/m0/s1. The first-order chi connectivity index (χ1) is 13.8. The third kappa shape index (κ3) is 3.73. The normalized spacial score (nSPS) is 20.2. The van der Waals surface area contributed by atoms with Gasteiger partial charge in [-0.3, -0.25) is 5.32 Å². The summed E-state index contributed by atoms with van der Waals surface area (Å²) in [5.41, 5.74) is 2.35. The number of rotatable bonds is 3. The predicted molar refractivity (Wildman–Crippen MR) is 109 cm³/mol. The molecule has 2 bridgehead atoms. The van der Waals surface area contributed by atoms with E-state index >= 15 is 0 Å². The molecule has 0 spiro atoms. The number of ether oxygens (including phenoxy) is 2. The summed E-state index contributed by atoms with van der Waals surface area (Å²) < 4.78 is 25.2. The summed E-state index contributed by atoms with van der Waals surface area (Å²) in [6.45, 7) is 5.41. The maximum Gasteiger partial charge on any atom is 0.412 e. The summed E-state index contributed by atoms with van der Waals surface area (Å²) >= 11 is 0. The van der Waals surface area contributed by atoms with Gasteiger partial charge < -0.3 is 14.4 Å². The van der Waals surface area contributed by atoms with Gasteiger partial charge >= 0.3 is 6.09 Å². The molecular weight excluding hydrogens is 373 g/mol. The average Bonchev–Trinajstić information content (AvgIpc) is 2.96. The van der Waals surface area contributed by atoms with Gasteiger partial charge in [0.15, 0.2) is 0 Å². The molecule has 4 rings (SSSR count). The number of amides is 1. The Labute approximate surface area is 170 Å². The van der Waals surface area contributed by atoms with Crippen LogP contribution in [0.2, 0.25) is 0 Å². The predicted octanol–water partition coefficient (Wildman–Crippen LogP) is 4.84. The number of carbonyl (C=O) groups is 1. The summed E-state index contributed by atoms with van der Waals surface area (Å²) in [6, 6.07) is 8.07. The summed E-state index contributed by atoms with van der Waals surface area (Å²) in [4.78, 5) is 18.6. The van der Waals surface area contributed by atoms with Crippen LogP contribution in [0.3, 0.4) is 0 Å². The quantitative estimate of drug-likeness (QED) is 0.748. The topological polar surface area (TPSA) is 63.7 Å². The molecule has 1 fully saturated rings. The van der Waals surface area contributed by atoms with Gasteiger partial charge in [-0.1, -0.05) is 0 Å². The van der Waals surface area contributed by atoms with Crippen molar-refractivity contribution in [1.82, 2.24) is 4.98 Å². The average molecular weight is 399 g/mol. The maximum absolute atomic E-state index is 14.6. The molecule has 3 heterocycles. The first-order valence-corrected chi connectivity index (χ1v) is 9.86. The number of hydrogen-bond acceptors (Lipinski definition) is 5. The molecule has 0 radical (unpaired) electrons. The van der Waals surface area contributed by atoms with E-state index < -0.39 is 17.6 Å². The van der Waals surface area contributed by atoms with Crippen LogP contribution in [0.4, 0.5) is 20.6 Å². The number of anilines is 2. The van der Waals surface area contributed by atoms with Crippen molar-refractivity contribution in [3.05, 3.63) is 47.5 Å². The van der Waals surface area contributed by atoms with Gasteiger partial charge in [-0.25, -0.2) is 9.78 Å². The van der Waals surface area contributed by atoms with Crippen LogP contribution in [0.5, 0.6) is 5.75 Å². The number of benzene rings is 1. The molecule has 7 heteroatoms. The van der Waals surface area contributed by atoms with Crippen molar-refractivity contribution in [2.45, 2.75) is 57.7 Å². The molecule has 0 aliphatic carbocycles. The van der Waals surface area contributed by atoms with Crippen LogP contribution in [-0.2, 0) is 11.2 Å². The Morgan fingerprint density at radius 1 is 1.24 bits per heavy atom. The fourth-order valence-corrected chi connectivity index (χ4v) is 4.38. The second-order valence-corrected chi connectivity index (χ2v) is 8.54. The third-order valence-electron chi connectivity index (χ3n) is 5.45. The smallest absolute Gasteiger partial charge is 0.412 e. The number of aromatic nitrogens is 1. The molecule has 2 aromatic rings. The lowest BCUT2D eigenvalue weighted by Gasteiger charge is -2.39. The number of hydrogen-bond donors (Lipinski definition) is 1. The monoisotopic (exact) mass is 399 g/mol. The zero-order valence-corrected chi connectivity index (χ0v) is 17.2. The lowest BCUT2D eigenvalue weighted by atomic mass is 9.92. The number of nitrogens with zero attached hydrogens (tertiary/aromatic N) is 2. The van der Waals surface area contributed by atoms with E-state index in [0.717, 1.165) is 29.8 Å². The van der Waals surface area contributed by atoms with E-state index in [4.69, 9.17) is 9.47 Å². The minimum Gasteiger partial charge on any atom is -0.497 e. The van der Waals surface area contributed by atoms with E-state index in [1.54, 1.807) is 27.9 Å². The van der Waals surface area contributed by atoms with Gasteiger partial charge in [0.2, 0.25) is 5.95 Å². The van der Waals surface area contributed by atoms with Gasteiger partial charge in [0.25, 0.3) is 0 Å². The molecular formula is C22H26FN3O3. The lowest BCUT2D eigenvalue weighted by molar-refractivity contribution is 0.0635. The Balaban J connectivity index is 1.69. The minimum absolute atomic E-state index is 0.0282. The lowest BCUT2D eigenvalue weighted by Crippen LogP contribution is -2.39. The highest BCUT2D eigenvalue weighted by Crippen LogP contribution is 2.49. The van der Waals surface area contributed by atoms with Crippen LogP contribution in [-0.4, -0.2) is 29.8 Å². The molecule has 154 valence electrons. The van der Waals surface area contributed by atoms with Crippen molar-refractivity contribution < 1.29 is 18.7 Å². The Hall–Kier alpha value is -2.83. The molecule has 1 saturated heterocycles. The van der Waals surface area contributed by atoms with Crippen molar-refractivity contribution >= 4 is 17.5 Å². The Bertz CT molecular complexity index is 924. The number of pyridine rings is 1. The van der Waals surface area contributed by atoms with E-state index in [2.05, 4.69) is 15.2 Å². The fraction of sp³-hybridized carbons (Fsp3) is 0.455. The summed E-state index contributed by atoms with van der Waals surface area (Å²) in [6.07, 6.45) is 3.22. The van der Waals surface area contributed by atoms with Crippen LogP contribution in [0.1, 0.15) is 50.8 Å². The van der Waals surface area contributed by atoms with Crippen LogP contribution in [0.15, 0.2) is 30.5 Å². The Kier molecular flexibility index (Phi) is 4.84. The number of halogens is 1. The van der Waals surface area contributed by atoms with E-state index in [9.17, 15) is 9.18 Å². The molecule has 1 N–H and O–H groups in total. The maximum atomic E-state index is 14.6. The van der Waals surface area contributed by atoms with Crippen molar-refractivity contribution in [2.75, 3.05) is 17.3 Å². The SMILES string of the molecule is COc1ccc(N2[C@H]3CC[C@@H]2c2c(NC(=O)OC(C)(C)C)cnc(F)c2C3)cc1. The van der Waals surface area contributed by atoms with E-state index in [0.29, 0.717) is 17.7 Å². The second kappa shape index (κ2) is 7.21. The van der Waals surface area contributed by atoms with Crippen molar-refractivity contribution in [3.8, 4) is 5.75 Å². The summed E-state index contributed by atoms with van der Waals surface area (Å²) in [5.74, 6) is 0.335. The Morgan fingerprint density at radius 2 is 1.97 bits per heavy atom. The van der Waals surface area contributed by atoms with Gasteiger partial charge in [-0.05, 0) is 64.3 Å². The molecule has 2 atom stereocenters. The van der Waals surface area contributed by atoms with E-state index in [1.807, 2.05) is 24.3 Å². The molecule has 2 aliphatic heterocycles. The zero-order chi connectivity index (χ0) is 20.8. The zero-order valence-electron chi connectivity index (χ0n) is 17.2. The van der Waals surface area contributed by atoms with Gasteiger partial charge in [0.05, 0.1) is 25.0 Å². The molecule has 29 heavy (non-hydrogen) atoms. The highest BCUT2D eigenvalue weighted by molar-refractivity contribution is 5.86. The van der Waals surface area contributed by atoms with Gasteiger partial charge in [0, 0.05) is 22.9 Å². The largest absolute Gasteiger partial charge is 0.497 e. The molecule has 0 unspecified atom stereocenters. The van der Waals surface area contributed by atoms with Gasteiger partial charge in [0.1, 0.15) is 11.4 Å². The van der Waals surface area contributed by atoms with E-state index in [1.165, 1.54) is 6.20 Å². The number of fused-ring (bicyclic) bond motifs is 4. The molecule has 1 amide bonds. The van der Waals surface area contributed by atoms with Crippen LogP contribution < -0.4 is 15.0 Å². The van der Waals surface area contributed by atoms with Crippen molar-refractivity contribution in [3.63, 3.8) is 0 Å². The summed E-state index contributed by atoms with van der Waals surface area (Å²) in [5, 5.41) is 2.79. The molecule has 0 saturated carbocycles. The molecule has 1 aromatic carbocycles. The number of nitrogens with one attached hydrogen (secondary N) is 1. The van der Waals surface area contributed by atoms with Crippen molar-refractivity contribution in [1.29, 1.82) is 0 Å².